The van der Waals surface area contributed by atoms with Crippen LogP contribution in [0.2, 0.25) is 0 Å². The molecule has 1 saturated carbocycles. The third kappa shape index (κ3) is 4.10. The van der Waals surface area contributed by atoms with E-state index in [4.69, 9.17) is 4.74 Å². The Morgan fingerprint density at radius 2 is 1.79 bits per heavy atom. The van der Waals surface area contributed by atoms with Crippen molar-refractivity contribution in [2.75, 3.05) is 0 Å². The molecular weight excluding hydrogens is 293 g/mol. The third-order valence-electron chi connectivity index (χ3n) is 2.29. The van der Waals surface area contributed by atoms with Crippen molar-refractivity contribution < 1.29 is 21.1 Å². The largest absolute Gasteiger partial charge is 0.516 e. The molecule has 0 bridgehead atoms. The van der Waals surface area contributed by atoms with E-state index in [0.29, 0.717) is 6.10 Å². The standard InChI is InChI=1S/C11H13O.BrH.Zn/c1-2-6-10(7-3-1)12-11-8-4-5-9-11;;/h2-3,6-7,11H,4-5,8-9H2;1H;/q-1;;+2/p-1. The SMILES string of the molecule is [Zn+][Br].[c-]1ccc(OC2CCCC2)cc1. The summed E-state index contributed by atoms with van der Waals surface area (Å²) in [6.45, 7) is 0. The zero-order valence-corrected chi connectivity index (χ0v) is 12.8. The van der Waals surface area contributed by atoms with Crippen LogP contribution < -0.4 is 4.74 Å². The molecule has 0 heterocycles. The van der Waals surface area contributed by atoms with E-state index >= 15 is 0 Å². The predicted octanol–water partition coefficient (Wildman–Crippen LogP) is 3.65. The molecule has 1 aliphatic rings. The summed E-state index contributed by atoms with van der Waals surface area (Å²) in [6, 6.07) is 10.7. The topological polar surface area (TPSA) is 9.23 Å². The Morgan fingerprint density at radius 3 is 2.36 bits per heavy atom. The first-order valence-electron chi connectivity index (χ1n) is 4.84. The van der Waals surface area contributed by atoms with Crippen LogP contribution >= 0.6 is 13.6 Å². The van der Waals surface area contributed by atoms with Gasteiger partial charge in [-0.3, -0.25) is 0 Å². The van der Waals surface area contributed by atoms with Gasteiger partial charge in [0, 0.05) is 5.75 Å². The second kappa shape index (κ2) is 7.42. The average Bonchev–Trinajstić information content (AvgIpc) is 2.75. The molecule has 1 nitrogen and oxygen atoms in total. The van der Waals surface area contributed by atoms with E-state index in [1.54, 1.807) is 0 Å². The maximum atomic E-state index is 5.76. The van der Waals surface area contributed by atoms with Gasteiger partial charge in [-0.2, -0.15) is 18.2 Å². The summed E-state index contributed by atoms with van der Waals surface area (Å²) in [5, 5.41) is 0. The van der Waals surface area contributed by atoms with E-state index in [9.17, 15) is 0 Å². The van der Waals surface area contributed by atoms with Gasteiger partial charge in [0.2, 0.25) is 0 Å². The van der Waals surface area contributed by atoms with Crippen molar-refractivity contribution in [2.45, 2.75) is 31.8 Å². The predicted molar refractivity (Wildman–Crippen MR) is 57.1 cm³/mol. The number of rotatable bonds is 2. The van der Waals surface area contributed by atoms with Crippen LogP contribution in [0.3, 0.4) is 0 Å². The van der Waals surface area contributed by atoms with E-state index in [1.165, 1.54) is 42.0 Å². The van der Waals surface area contributed by atoms with Gasteiger partial charge < -0.3 is 4.74 Å². The fourth-order valence-corrected chi connectivity index (χ4v) is 1.65. The molecule has 0 saturated heterocycles. The van der Waals surface area contributed by atoms with Gasteiger partial charge in [0.1, 0.15) is 0 Å². The van der Waals surface area contributed by atoms with Crippen LogP contribution in [0.25, 0.3) is 0 Å². The van der Waals surface area contributed by atoms with Gasteiger partial charge in [-0.15, -0.1) is 12.1 Å². The zero-order valence-electron chi connectivity index (χ0n) is 8.21. The first-order chi connectivity index (χ1) is 6.95. The summed E-state index contributed by atoms with van der Waals surface area (Å²) >= 11 is 4.25. The van der Waals surface area contributed by atoms with E-state index in [0.717, 1.165) is 5.75 Å². The summed E-state index contributed by atoms with van der Waals surface area (Å²) in [5.74, 6) is 0.987. The molecule has 0 amide bonds. The number of hydrogen-bond acceptors (Lipinski definition) is 1. The minimum atomic E-state index is 0.465. The van der Waals surface area contributed by atoms with Crippen LogP contribution in [-0.2, 0) is 16.3 Å². The Labute approximate surface area is 102 Å². The molecule has 0 N–H and O–H groups in total. The van der Waals surface area contributed by atoms with Gasteiger partial charge >= 0.3 is 30.0 Å². The Kier molecular flexibility index (Phi) is 6.46. The molecule has 72 valence electrons. The Morgan fingerprint density at radius 1 is 1.21 bits per heavy atom. The van der Waals surface area contributed by atoms with Crippen molar-refractivity contribution in [2.24, 2.45) is 0 Å². The Bertz CT molecular complexity index is 234. The number of ether oxygens (including phenoxy) is 1. The average molecular weight is 307 g/mol. The minimum absolute atomic E-state index is 0.465. The van der Waals surface area contributed by atoms with Crippen LogP contribution in [0.4, 0.5) is 0 Å². The van der Waals surface area contributed by atoms with Crippen molar-refractivity contribution in [3.63, 3.8) is 0 Å². The molecule has 14 heavy (non-hydrogen) atoms. The number of benzene rings is 1. The monoisotopic (exact) mass is 304 g/mol. The van der Waals surface area contributed by atoms with Crippen LogP contribution in [0.5, 0.6) is 5.75 Å². The molecule has 0 spiro atoms. The van der Waals surface area contributed by atoms with Gasteiger partial charge in [-0.1, -0.05) is 0 Å². The molecular formula is C11H13BrOZn. The molecule has 1 aromatic carbocycles. The second-order valence-corrected chi connectivity index (χ2v) is 3.26. The molecule has 1 aromatic rings. The fourth-order valence-electron chi connectivity index (χ4n) is 1.65. The van der Waals surface area contributed by atoms with Crippen molar-refractivity contribution in [1.82, 2.24) is 0 Å². The maximum absolute atomic E-state index is 5.76. The molecule has 0 aliphatic heterocycles. The Balaban J connectivity index is 0.000000461. The van der Waals surface area contributed by atoms with Crippen LogP contribution in [-0.4, -0.2) is 6.10 Å². The normalized spacial score (nSPS) is 15.9. The fraction of sp³-hybridized carbons (Fsp3) is 0.455. The number of halogens is 1. The molecule has 0 aromatic heterocycles. The van der Waals surface area contributed by atoms with Gasteiger partial charge in [-0.05, 0) is 25.7 Å². The van der Waals surface area contributed by atoms with E-state index < -0.39 is 0 Å². The van der Waals surface area contributed by atoms with Crippen molar-refractivity contribution in [3.05, 3.63) is 30.3 Å². The van der Waals surface area contributed by atoms with Gasteiger partial charge in [0.15, 0.2) is 0 Å². The molecule has 2 rings (SSSR count). The first kappa shape index (κ1) is 12.2. The molecule has 3 heteroatoms. The molecule has 0 radical (unpaired) electrons. The zero-order chi connectivity index (χ0) is 10.2. The summed E-state index contributed by atoms with van der Waals surface area (Å²) in [4.78, 5) is 0. The van der Waals surface area contributed by atoms with Gasteiger partial charge in [-0.25, -0.2) is 0 Å². The van der Waals surface area contributed by atoms with Crippen molar-refractivity contribution >= 4 is 13.6 Å². The summed E-state index contributed by atoms with van der Waals surface area (Å²) in [6.07, 6.45) is 5.55. The van der Waals surface area contributed by atoms with E-state index in [2.05, 4.69) is 19.7 Å². The Hall–Kier alpha value is 0.123. The van der Waals surface area contributed by atoms with Crippen LogP contribution in [0.1, 0.15) is 25.7 Å². The van der Waals surface area contributed by atoms with E-state index in [-0.39, 0.29) is 0 Å². The quantitative estimate of drug-likeness (QED) is 0.598. The number of hydrogen-bond donors (Lipinski definition) is 0. The minimum Gasteiger partial charge on any atom is -0.516 e. The summed E-state index contributed by atoms with van der Waals surface area (Å²) in [7, 11) is 0. The molecule has 1 aliphatic carbocycles. The summed E-state index contributed by atoms with van der Waals surface area (Å²) < 4.78 is 5.76. The smallest absolute Gasteiger partial charge is 0.0955 e. The third-order valence-corrected chi connectivity index (χ3v) is 2.29. The maximum Gasteiger partial charge on any atom is 0.0955 e. The molecule has 0 atom stereocenters. The summed E-state index contributed by atoms with van der Waals surface area (Å²) in [5.41, 5.74) is 0. The van der Waals surface area contributed by atoms with Crippen LogP contribution in [0.15, 0.2) is 24.3 Å². The first-order valence-corrected chi connectivity index (χ1v) is 11.8. The van der Waals surface area contributed by atoms with Gasteiger partial charge in [0.25, 0.3) is 0 Å². The van der Waals surface area contributed by atoms with Gasteiger partial charge in [0.05, 0.1) is 6.10 Å². The van der Waals surface area contributed by atoms with Crippen molar-refractivity contribution in [1.29, 1.82) is 0 Å². The van der Waals surface area contributed by atoms with E-state index in [1.807, 2.05) is 24.3 Å². The van der Waals surface area contributed by atoms with Crippen LogP contribution in [0, 0.1) is 6.07 Å². The molecule has 0 unspecified atom stereocenters. The second-order valence-electron chi connectivity index (χ2n) is 3.26. The van der Waals surface area contributed by atoms with Crippen molar-refractivity contribution in [3.8, 4) is 5.75 Å². The molecule has 1 fully saturated rings.